The first kappa shape index (κ1) is 44.5. The second-order valence-corrected chi connectivity index (χ2v) is 10.1. The second kappa shape index (κ2) is 22.9. The maximum Gasteiger partial charge on any atom is 0.338 e. The maximum atomic E-state index is 15.1. The summed E-state index contributed by atoms with van der Waals surface area (Å²) in [4.78, 5) is 45.5. The fourth-order valence-corrected chi connectivity index (χ4v) is 3.32. The van der Waals surface area contributed by atoms with Crippen molar-refractivity contribution in [2.24, 2.45) is 0 Å². The van der Waals surface area contributed by atoms with Crippen LogP contribution in [0, 0.1) is 5.82 Å². The smallest absolute Gasteiger partial charge is 0.338 e. The zero-order valence-corrected chi connectivity index (χ0v) is 30.2. The Labute approximate surface area is 298 Å². The minimum Gasteiger partial charge on any atom is -0.493 e. The second-order valence-electron chi connectivity index (χ2n) is 10.1. The highest BCUT2D eigenvalue weighted by atomic mass is 32.1. The molecule has 0 spiro atoms. The molecule has 0 amide bonds. The van der Waals surface area contributed by atoms with Crippen molar-refractivity contribution in [3.63, 3.8) is 0 Å². The summed E-state index contributed by atoms with van der Waals surface area (Å²) in [5.41, 5.74) is 3.11. The van der Waals surface area contributed by atoms with E-state index in [1.165, 1.54) is 46.1 Å². The van der Waals surface area contributed by atoms with Gasteiger partial charge in [-0.25, -0.2) is 18.8 Å². The summed E-state index contributed by atoms with van der Waals surface area (Å²) in [6, 6.07) is 14.2. The Morgan fingerprint density at radius 2 is 1.08 bits per heavy atom. The lowest BCUT2D eigenvalue weighted by molar-refractivity contribution is -0.132. The van der Waals surface area contributed by atoms with Gasteiger partial charge in [-0.15, -0.1) is 0 Å². The molecule has 1 N–H and O–H groups in total. The molecule has 0 radical (unpaired) electrons. The summed E-state index contributed by atoms with van der Waals surface area (Å²) in [5.74, 6) is -1.94. The maximum absolute atomic E-state index is 15.1. The zero-order valence-electron chi connectivity index (χ0n) is 29.3. The van der Waals surface area contributed by atoms with Crippen LogP contribution in [0.15, 0.2) is 103 Å². The van der Waals surface area contributed by atoms with Crippen LogP contribution in [0.4, 0.5) is 4.39 Å². The molecule has 50 heavy (non-hydrogen) atoms. The van der Waals surface area contributed by atoms with E-state index in [9.17, 15) is 19.2 Å². The molecule has 3 aromatic carbocycles. The van der Waals surface area contributed by atoms with Crippen LogP contribution < -0.4 is 18.9 Å². The standard InChI is InChI=1S/C33H29FO7.C4H6O.C2H6.H2OS/c1-19(2)31(35)39-28-14-9-22(16-29(28)40-32(36)20(3)4)8-10-23-11-12-24(17-26(23)34)25-13-15-27(38-7)30(18-25)41-33(37)21(5)6;1-4(2)3-5;2*1-2/h8-18H,1,3,5H2,2,4,6-7H3;3H,1H2,2H3;1-2H3;1-2H/b10-8+;;;. The fraction of sp³-hybridized carbons (Fsp3) is 0.179. The molecule has 0 fully saturated rings. The molecule has 266 valence electrons. The number of allylic oxidation sites excluding steroid dienone is 1. The number of carbonyl (C=O) groups is 4. The number of aldehydes is 1. The molecule has 9 nitrogen and oxygen atoms in total. The van der Waals surface area contributed by atoms with Gasteiger partial charge in [0.1, 0.15) is 12.1 Å². The Morgan fingerprint density at radius 3 is 1.52 bits per heavy atom. The molecule has 11 heteroatoms. The number of hydrogen-bond acceptors (Lipinski definition) is 10. The normalized spacial score (nSPS) is 9.56. The van der Waals surface area contributed by atoms with E-state index in [2.05, 4.69) is 39.2 Å². The number of methoxy groups -OCH3 is 1. The van der Waals surface area contributed by atoms with Crippen LogP contribution in [-0.4, -0.2) is 35.9 Å². The predicted octanol–water partition coefficient (Wildman–Crippen LogP) is 9.29. The SMILES string of the molecule is C=C(C)C(=O)Oc1cc(-c2ccc(/C=C/c3ccc(OC(=O)C(=C)C)c(OC(=O)C(=C)C)c3)c(F)c2)ccc1OC.C=C(C)C=O.CC.OS. The van der Waals surface area contributed by atoms with Gasteiger partial charge < -0.3 is 23.5 Å². The third-order valence-corrected chi connectivity index (χ3v) is 5.78. The predicted molar refractivity (Wildman–Crippen MR) is 199 cm³/mol. The summed E-state index contributed by atoms with van der Waals surface area (Å²) < 4.78 is 43.0. The first-order valence-corrected chi connectivity index (χ1v) is 15.3. The van der Waals surface area contributed by atoms with Crippen molar-refractivity contribution in [3.05, 3.63) is 120 Å². The Morgan fingerprint density at radius 1 is 0.660 bits per heavy atom. The summed E-state index contributed by atoms with van der Waals surface area (Å²) in [6.07, 6.45) is 3.88. The summed E-state index contributed by atoms with van der Waals surface area (Å²) in [6.45, 7) is 24.1. The number of benzene rings is 3. The van der Waals surface area contributed by atoms with Crippen molar-refractivity contribution in [3.8, 4) is 34.1 Å². The molecule has 0 unspecified atom stereocenters. The summed E-state index contributed by atoms with van der Waals surface area (Å²) in [7, 11) is 1.45. The molecule has 0 atom stereocenters. The quantitative estimate of drug-likeness (QED) is 0.0382. The molecule has 3 rings (SSSR count). The van der Waals surface area contributed by atoms with Crippen molar-refractivity contribution in [1.29, 1.82) is 0 Å². The lowest BCUT2D eigenvalue weighted by Crippen LogP contribution is -2.12. The Hall–Kier alpha value is -5.52. The van der Waals surface area contributed by atoms with Crippen molar-refractivity contribution in [2.75, 3.05) is 7.11 Å². The fourth-order valence-electron chi connectivity index (χ4n) is 3.32. The highest BCUT2D eigenvalue weighted by molar-refractivity contribution is 7.74. The van der Waals surface area contributed by atoms with E-state index < -0.39 is 23.7 Å². The average Bonchev–Trinajstić information content (AvgIpc) is 3.10. The number of hydrogen-bond donors (Lipinski definition) is 2. The van der Waals surface area contributed by atoms with E-state index in [1.54, 1.807) is 55.5 Å². The highest BCUT2D eigenvalue weighted by Crippen LogP contribution is 2.34. The minimum atomic E-state index is -0.698. The van der Waals surface area contributed by atoms with Gasteiger partial charge in [0.2, 0.25) is 0 Å². The van der Waals surface area contributed by atoms with Gasteiger partial charge in [-0.1, -0.05) is 76.6 Å². The van der Waals surface area contributed by atoms with Gasteiger partial charge in [0.05, 0.1) is 7.11 Å². The van der Waals surface area contributed by atoms with E-state index in [-0.39, 0.29) is 39.5 Å². The van der Waals surface area contributed by atoms with Crippen LogP contribution in [0.25, 0.3) is 23.3 Å². The van der Waals surface area contributed by atoms with Crippen molar-refractivity contribution >= 4 is 49.3 Å². The molecule has 0 aromatic heterocycles. The molecule has 0 aliphatic heterocycles. The van der Waals surface area contributed by atoms with E-state index in [4.69, 9.17) is 23.5 Å². The molecular formula is C39H43FO9S. The zero-order chi connectivity index (χ0) is 38.6. The summed E-state index contributed by atoms with van der Waals surface area (Å²) in [5, 5.41) is 0. The summed E-state index contributed by atoms with van der Waals surface area (Å²) >= 11 is 2.53. The molecule has 0 saturated carbocycles. The monoisotopic (exact) mass is 706 g/mol. The third-order valence-electron chi connectivity index (χ3n) is 5.78. The van der Waals surface area contributed by atoms with Crippen molar-refractivity contribution in [2.45, 2.75) is 41.5 Å². The van der Waals surface area contributed by atoms with Crippen molar-refractivity contribution < 1.29 is 47.1 Å². The van der Waals surface area contributed by atoms with E-state index in [0.717, 1.165) is 6.29 Å². The van der Waals surface area contributed by atoms with Gasteiger partial charge in [0.15, 0.2) is 23.0 Å². The average molecular weight is 707 g/mol. The van der Waals surface area contributed by atoms with Crippen LogP contribution >= 0.6 is 12.9 Å². The Balaban J connectivity index is 0.00000241. The molecule has 0 aliphatic carbocycles. The first-order valence-electron chi connectivity index (χ1n) is 14.9. The molecule has 0 bridgehead atoms. The minimum absolute atomic E-state index is 0.00627. The molecule has 3 aromatic rings. The van der Waals surface area contributed by atoms with Gasteiger partial charge in [0, 0.05) is 22.3 Å². The topological polar surface area (TPSA) is 125 Å². The number of halogens is 1. The number of ether oxygens (including phenoxy) is 4. The van der Waals surface area contributed by atoms with Gasteiger partial charge in [-0.3, -0.25) is 4.79 Å². The van der Waals surface area contributed by atoms with Crippen LogP contribution in [-0.2, 0) is 19.2 Å². The number of carbonyl (C=O) groups excluding carboxylic acids is 4. The molecule has 0 aliphatic rings. The molecule has 0 saturated heterocycles. The van der Waals surface area contributed by atoms with Gasteiger partial charge in [0.25, 0.3) is 0 Å². The van der Waals surface area contributed by atoms with Crippen LogP contribution in [0.3, 0.4) is 0 Å². The third kappa shape index (κ3) is 14.7. The van der Waals surface area contributed by atoms with Gasteiger partial charge in [-0.05, 0) is 93.2 Å². The van der Waals surface area contributed by atoms with Crippen molar-refractivity contribution in [1.82, 2.24) is 0 Å². The van der Waals surface area contributed by atoms with Gasteiger partial charge >= 0.3 is 17.9 Å². The lowest BCUT2D eigenvalue weighted by Gasteiger charge is -2.12. The largest absolute Gasteiger partial charge is 0.493 e. The van der Waals surface area contributed by atoms with Crippen LogP contribution in [0.2, 0.25) is 0 Å². The Kier molecular flexibility index (Phi) is 20.4. The number of esters is 3. The lowest BCUT2D eigenvalue weighted by atomic mass is 10.0. The molecule has 0 heterocycles. The van der Waals surface area contributed by atoms with E-state index >= 15 is 4.39 Å². The van der Waals surface area contributed by atoms with E-state index in [0.29, 0.717) is 28.0 Å². The van der Waals surface area contributed by atoms with Crippen LogP contribution in [0.1, 0.15) is 52.7 Å². The van der Waals surface area contributed by atoms with Crippen LogP contribution in [0.5, 0.6) is 23.0 Å². The first-order chi connectivity index (χ1) is 23.7. The number of thiol groups is 1. The van der Waals surface area contributed by atoms with E-state index in [1.807, 2.05) is 13.8 Å². The highest BCUT2D eigenvalue weighted by Gasteiger charge is 2.16. The van der Waals surface area contributed by atoms with Gasteiger partial charge in [-0.2, -0.15) is 0 Å². The molecular weight excluding hydrogens is 663 g/mol. The number of rotatable bonds is 11. The Bertz CT molecular complexity index is 1760.